The first kappa shape index (κ1) is 26.4. The minimum absolute atomic E-state index is 0.0126. The zero-order valence-corrected chi connectivity index (χ0v) is 23.6. The van der Waals surface area contributed by atoms with Crippen molar-refractivity contribution in [2.75, 3.05) is 18.6 Å². The standard InChI is InChI=1S/C29H35BrN2O5/c1-16-10-21-26(22(30)11-16)31(5)27(35)29(21)17(2)25(28(3,4)36)23(37-29)13-24(34)32-14-19-9-7-6-8-18(19)12-20(32)15-33/h6-11,17,20,23,25,33,36H,12-15H2,1-5H3/t17-,20-,23+,25-,29+/m0/s1. The number of carbonyl (C=O) groups is 2. The predicted molar refractivity (Wildman–Crippen MR) is 144 cm³/mol. The maximum absolute atomic E-state index is 13.9. The molecule has 3 heterocycles. The highest BCUT2D eigenvalue weighted by molar-refractivity contribution is 9.10. The van der Waals surface area contributed by atoms with Crippen LogP contribution in [-0.2, 0) is 32.9 Å². The lowest BCUT2D eigenvalue weighted by molar-refractivity contribution is -0.151. The van der Waals surface area contributed by atoms with Crippen molar-refractivity contribution in [3.63, 3.8) is 0 Å². The fraction of sp³-hybridized carbons (Fsp3) is 0.517. The second kappa shape index (κ2) is 9.19. The van der Waals surface area contributed by atoms with Crippen molar-refractivity contribution < 1.29 is 24.5 Å². The lowest BCUT2D eigenvalue weighted by Crippen LogP contribution is -2.48. The molecule has 8 heteroatoms. The van der Waals surface area contributed by atoms with Gasteiger partial charge in [0, 0.05) is 35.5 Å². The summed E-state index contributed by atoms with van der Waals surface area (Å²) in [7, 11) is 1.74. The van der Waals surface area contributed by atoms with Gasteiger partial charge in [-0.3, -0.25) is 9.59 Å². The van der Waals surface area contributed by atoms with Crippen LogP contribution in [0.15, 0.2) is 40.9 Å². The van der Waals surface area contributed by atoms with Crippen LogP contribution in [0.4, 0.5) is 5.69 Å². The zero-order valence-electron chi connectivity index (χ0n) is 22.0. The molecule has 2 aromatic carbocycles. The van der Waals surface area contributed by atoms with Gasteiger partial charge in [-0.05, 0) is 65.9 Å². The molecule has 2 aromatic rings. The van der Waals surface area contributed by atoms with Gasteiger partial charge >= 0.3 is 0 Å². The minimum atomic E-state index is -1.29. The summed E-state index contributed by atoms with van der Waals surface area (Å²) in [5.74, 6) is -1.19. The first-order valence-corrected chi connectivity index (χ1v) is 13.7. The van der Waals surface area contributed by atoms with Crippen molar-refractivity contribution in [1.82, 2.24) is 4.90 Å². The third-order valence-corrected chi connectivity index (χ3v) is 9.17. The summed E-state index contributed by atoms with van der Waals surface area (Å²) in [4.78, 5) is 31.0. The predicted octanol–water partition coefficient (Wildman–Crippen LogP) is 3.69. The van der Waals surface area contributed by atoms with Crippen LogP contribution in [0.25, 0.3) is 0 Å². The summed E-state index contributed by atoms with van der Waals surface area (Å²) in [5.41, 5.74) is 2.24. The molecule has 2 amide bonds. The normalized spacial score (nSPS) is 29.1. The number of carbonyl (C=O) groups excluding carboxylic acids is 2. The van der Waals surface area contributed by atoms with Gasteiger partial charge in [-0.1, -0.05) is 37.3 Å². The molecule has 2 N–H and O–H groups in total. The summed E-state index contributed by atoms with van der Waals surface area (Å²) < 4.78 is 7.51. The van der Waals surface area contributed by atoms with Crippen LogP contribution < -0.4 is 4.90 Å². The Morgan fingerprint density at radius 1 is 1.24 bits per heavy atom. The van der Waals surface area contributed by atoms with Crippen molar-refractivity contribution in [1.29, 1.82) is 0 Å². The largest absolute Gasteiger partial charge is 0.394 e. The molecule has 37 heavy (non-hydrogen) atoms. The van der Waals surface area contributed by atoms with Gasteiger partial charge in [0.1, 0.15) is 0 Å². The molecule has 0 saturated carbocycles. The van der Waals surface area contributed by atoms with Crippen molar-refractivity contribution in [2.45, 2.75) is 70.4 Å². The van der Waals surface area contributed by atoms with Gasteiger partial charge in [0.15, 0.2) is 5.60 Å². The topological polar surface area (TPSA) is 90.3 Å². The number of benzene rings is 2. The fourth-order valence-electron chi connectivity index (χ4n) is 6.94. The molecule has 1 spiro atoms. The van der Waals surface area contributed by atoms with E-state index in [1.165, 1.54) is 0 Å². The Kier molecular flexibility index (Phi) is 6.54. The SMILES string of the molecule is Cc1cc(Br)c2c(c1)[C@@]1(O[C@H](CC(=O)N3Cc4ccccc4C[C@H]3CO)[C@@H](C(C)(C)O)[C@@H]1C)C(=O)N2C. The molecule has 5 atom stereocenters. The summed E-state index contributed by atoms with van der Waals surface area (Å²) in [6, 6.07) is 11.6. The molecule has 0 aliphatic carbocycles. The highest BCUT2D eigenvalue weighted by Gasteiger charge is 2.66. The number of hydrogen-bond donors (Lipinski definition) is 2. The van der Waals surface area contributed by atoms with Crippen LogP contribution in [-0.4, -0.2) is 58.3 Å². The van der Waals surface area contributed by atoms with E-state index in [9.17, 15) is 19.8 Å². The Bertz CT molecular complexity index is 1260. The summed E-state index contributed by atoms with van der Waals surface area (Å²) in [5, 5.41) is 21.4. The Morgan fingerprint density at radius 2 is 1.92 bits per heavy atom. The molecule has 1 saturated heterocycles. The Hall–Kier alpha value is -2.26. The Morgan fingerprint density at radius 3 is 2.57 bits per heavy atom. The smallest absolute Gasteiger partial charge is 0.264 e. The molecule has 7 nitrogen and oxygen atoms in total. The van der Waals surface area contributed by atoms with Gasteiger partial charge in [-0.25, -0.2) is 0 Å². The molecule has 198 valence electrons. The van der Waals surface area contributed by atoms with Gasteiger partial charge < -0.3 is 24.7 Å². The zero-order chi connectivity index (χ0) is 26.9. The second-order valence-corrected chi connectivity index (χ2v) is 12.3. The lowest BCUT2D eigenvalue weighted by atomic mass is 9.70. The van der Waals surface area contributed by atoms with E-state index in [4.69, 9.17) is 4.74 Å². The number of likely N-dealkylation sites (N-methyl/N-ethyl adjacent to an activating group) is 1. The van der Waals surface area contributed by atoms with Crippen molar-refractivity contribution in [3.05, 3.63) is 63.1 Å². The fourth-order valence-corrected chi connectivity index (χ4v) is 7.78. The maximum Gasteiger partial charge on any atom is 0.264 e. The van der Waals surface area contributed by atoms with Crippen molar-refractivity contribution >= 4 is 33.4 Å². The van der Waals surface area contributed by atoms with E-state index < -0.39 is 23.2 Å². The highest BCUT2D eigenvalue weighted by atomic mass is 79.9. The number of amides is 2. The molecule has 0 aromatic heterocycles. The van der Waals surface area contributed by atoms with Crippen LogP contribution >= 0.6 is 15.9 Å². The molecule has 0 bridgehead atoms. The number of hydrogen-bond acceptors (Lipinski definition) is 5. The number of nitrogens with zero attached hydrogens (tertiary/aromatic N) is 2. The third kappa shape index (κ3) is 4.04. The first-order chi connectivity index (χ1) is 17.4. The molecule has 3 aliphatic heterocycles. The lowest BCUT2D eigenvalue weighted by Gasteiger charge is -2.38. The van der Waals surface area contributed by atoms with Gasteiger partial charge in [-0.15, -0.1) is 0 Å². The molecule has 1 fully saturated rings. The molecule has 5 rings (SSSR count). The van der Waals surface area contributed by atoms with E-state index in [2.05, 4.69) is 15.9 Å². The van der Waals surface area contributed by atoms with E-state index in [1.54, 1.807) is 30.7 Å². The molecule has 3 aliphatic rings. The average Bonchev–Trinajstić information content (AvgIpc) is 3.24. The Balaban J connectivity index is 1.51. The van der Waals surface area contributed by atoms with Gasteiger partial charge in [0.2, 0.25) is 5.91 Å². The number of aliphatic hydroxyl groups excluding tert-OH is 1. The summed E-state index contributed by atoms with van der Waals surface area (Å²) in [6.45, 7) is 7.63. The number of halogens is 1. The average molecular weight is 572 g/mol. The van der Waals surface area contributed by atoms with Gasteiger partial charge in [-0.2, -0.15) is 0 Å². The van der Waals surface area contributed by atoms with E-state index >= 15 is 0 Å². The Labute approximate surface area is 226 Å². The monoisotopic (exact) mass is 570 g/mol. The maximum atomic E-state index is 13.9. The number of fused-ring (bicyclic) bond motifs is 3. The molecule has 0 radical (unpaired) electrons. The van der Waals surface area contributed by atoms with Gasteiger partial charge in [0.05, 0.1) is 36.5 Å². The van der Waals surface area contributed by atoms with Crippen molar-refractivity contribution in [3.8, 4) is 0 Å². The van der Waals surface area contributed by atoms with Crippen LogP contribution in [0.5, 0.6) is 0 Å². The highest BCUT2D eigenvalue weighted by Crippen LogP contribution is 2.58. The van der Waals surface area contributed by atoms with E-state index in [0.29, 0.717) is 13.0 Å². The third-order valence-electron chi connectivity index (χ3n) is 8.56. The number of ether oxygens (including phenoxy) is 1. The molecular weight excluding hydrogens is 536 g/mol. The minimum Gasteiger partial charge on any atom is -0.394 e. The van der Waals surface area contributed by atoms with Crippen molar-refractivity contribution in [2.24, 2.45) is 11.8 Å². The van der Waals surface area contributed by atoms with Crippen LogP contribution in [0.3, 0.4) is 0 Å². The molecule has 0 unspecified atom stereocenters. The van der Waals surface area contributed by atoms with Crippen LogP contribution in [0.1, 0.15) is 49.4 Å². The van der Waals surface area contributed by atoms with E-state index in [-0.39, 0.29) is 36.8 Å². The first-order valence-electron chi connectivity index (χ1n) is 12.9. The molecular formula is C29H35BrN2O5. The summed E-state index contributed by atoms with van der Waals surface area (Å²) >= 11 is 3.62. The van der Waals surface area contributed by atoms with Gasteiger partial charge in [0.25, 0.3) is 5.91 Å². The second-order valence-electron chi connectivity index (χ2n) is 11.4. The number of rotatable bonds is 4. The quantitative estimate of drug-likeness (QED) is 0.585. The van der Waals surface area contributed by atoms with E-state index in [1.807, 2.05) is 50.2 Å². The number of aliphatic hydroxyl groups is 2. The van der Waals surface area contributed by atoms with E-state index in [0.717, 1.165) is 32.4 Å². The van der Waals surface area contributed by atoms with Crippen LogP contribution in [0.2, 0.25) is 0 Å². The number of aryl methyl sites for hydroxylation is 1. The van der Waals surface area contributed by atoms with Crippen LogP contribution in [0, 0.1) is 18.8 Å². The number of anilines is 1. The summed E-state index contributed by atoms with van der Waals surface area (Å²) in [6.07, 6.45) is -0.0800.